The third kappa shape index (κ3) is 3.44. The molecule has 134 valence electrons. The highest BCUT2D eigenvalue weighted by Gasteiger charge is 2.46. The minimum absolute atomic E-state index is 0.216. The molecule has 2 aliphatic rings. The molecule has 0 amide bonds. The minimum Gasteiger partial charge on any atom is -0.297 e. The van der Waals surface area contributed by atoms with E-state index in [4.69, 9.17) is 4.84 Å². The zero-order chi connectivity index (χ0) is 17.3. The molecular formula is C16H25N3O3S2. The normalized spacial score (nSPS) is 27.6. The van der Waals surface area contributed by atoms with Gasteiger partial charge in [-0.25, -0.2) is 8.42 Å². The fourth-order valence-corrected chi connectivity index (χ4v) is 6.46. The summed E-state index contributed by atoms with van der Waals surface area (Å²) in [6.45, 7) is 9.36. The molecule has 24 heavy (non-hydrogen) atoms. The Bertz CT molecular complexity index is 680. The van der Waals surface area contributed by atoms with Gasteiger partial charge in [0.1, 0.15) is 5.25 Å². The SMILES string of the molecule is C=CCN1CCN(S(=O)(=O)C2CON(C)C2c2ccc(C)s2)CC1. The quantitative estimate of drug-likeness (QED) is 0.734. The summed E-state index contributed by atoms with van der Waals surface area (Å²) in [5.41, 5.74) is 0. The first-order valence-electron chi connectivity index (χ1n) is 8.18. The molecule has 2 unspecified atom stereocenters. The van der Waals surface area contributed by atoms with Crippen LogP contribution in [0.2, 0.25) is 0 Å². The standard InChI is InChI=1S/C16H25N3O3S2/c1-4-7-18-8-10-19(11-9-18)24(20,21)15-12-22-17(3)16(15)14-6-5-13(2)23-14/h4-6,15-16H,1,7-12H2,2-3H3. The second-order valence-electron chi connectivity index (χ2n) is 6.31. The van der Waals surface area contributed by atoms with E-state index in [0.29, 0.717) is 13.1 Å². The van der Waals surface area contributed by atoms with Crippen molar-refractivity contribution in [1.82, 2.24) is 14.3 Å². The Labute approximate surface area is 148 Å². The highest BCUT2D eigenvalue weighted by Crippen LogP contribution is 2.38. The Hall–Kier alpha value is -0.770. The first-order chi connectivity index (χ1) is 11.4. The van der Waals surface area contributed by atoms with Crippen LogP contribution in [0.15, 0.2) is 24.8 Å². The molecule has 0 N–H and O–H groups in total. The lowest BCUT2D eigenvalue weighted by Gasteiger charge is -2.35. The van der Waals surface area contributed by atoms with E-state index in [-0.39, 0.29) is 12.6 Å². The van der Waals surface area contributed by atoms with E-state index in [0.717, 1.165) is 24.5 Å². The van der Waals surface area contributed by atoms with Crippen LogP contribution in [0.1, 0.15) is 15.8 Å². The van der Waals surface area contributed by atoms with Gasteiger partial charge in [0, 0.05) is 49.5 Å². The van der Waals surface area contributed by atoms with E-state index in [9.17, 15) is 8.42 Å². The van der Waals surface area contributed by atoms with Gasteiger partial charge >= 0.3 is 0 Å². The maximum atomic E-state index is 13.2. The summed E-state index contributed by atoms with van der Waals surface area (Å²) in [5.74, 6) is 0. The van der Waals surface area contributed by atoms with Crippen molar-refractivity contribution in [3.63, 3.8) is 0 Å². The molecule has 2 fully saturated rings. The molecule has 0 radical (unpaired) electrons. The maximum absolute atomic E-state index is 13.2. The Morgan fingerprint density at radius 3 is 2.62 bits per heavy atom. The van der Waals surface area contributed by atoms with E-state index in [2.05, 4.69) is 11.5 Å². The maximum Gasteiger partial charge on any atom is 0.221 e. The van der Waals surface area contributed by atoms with Gasteiger partial charge in [-0.1, -0.05) is 6.08 Å². The van der Waals surface area contributed by atoms with Crippen LogP contribution in [0.3, 0.4) is 0 Å². The molecule has 0 saturated carbocycles. The number of nitrogens with zero attached hydrogens (tertiary/aromatic N) is 3. The van der Waals surface area contributed by atoms with Gasteiger partial charge < -0.3 is 0 Å². The molecular weight excluding hydrogens is 346 g/mol. The molecule has 0 bridgehead atoms. The van der Waals surface area contributed by atoms with Gasteiger partial charge in [-0.2, -0.15) is 9.37 Å². The van der Waals surface area contributed by atoms with Crippen LogP contribution in [-0.4, -0.2) is 74.3 Å². The Kier molecular flexibility index (Phi) is 5.43. The van der Waals surface area contributed by atoms with Crippen molar-refractivity contribution in [3.05, 3.63) is 34.5 Å². The van der Waals surface area contributed by atoms with E-state index in [1.54, 1.807) is 20.7 Å². The van der Waals surface area contributed by atoms with Crippen molar-refractivity contribution in [2.45, 2.75) is 18.2 Å². The molecule has 8 heteroatoms. The first-order valence-corrected chi connectivity index (χ1v) is 10.5. The number of hydrogen-bond donors (Lipinski definition) is 0. The predicted molar refractivity (Wildman–Crippen MR) is 96.4 cm³/mol. The van der Waals surface area contributed by atoms with Crippen LogP contribution in [0.5, 0.6) is 0 Å². The molecule has 1 aromatic rings. The molecule has 3 rings (SSSR count). The van der Waals surface area contributed by atoms with E-state index >= 15 is 0 Å². The second kappa shape index (κ2) is 7.23. The molecule has 2 atom stereocenters. The molecule has 3 heterocycles. The van der Waals surface area contributed by atoms with Crippen molar-refractivity contribution in [2.24, 2.45) is 0 Å². The number of aryl methyl sites for hydroxylation is 1. The highest BCUT2D eigenvalue weighted by molar-refractivity contribution is 7.89. The second-order valence-corrected chi connectivity index (χ2v) is 9.78. The van der Waals surface area contributed by atoms with Crippen LogP contribution >= 0.6 is 11.3 Å². The third-order valence-electron chi connectivity index (χ3n) is 4.70. The largest absolute Gasteiger partial charge is 0.297 e. The average molecular weight is 372 g/mol. The van der Waals surface area contributed by atoms with Gasteiger partial charge in [0.2, 0.25) is 10.0 Å². The van der Waals surface area contributed by atoms with Gasteiger partial charge in [0.15, 0.2) is 0 Å². The summed E-state index contributed by atoms with van der Waals surface area (Å²) in [5, 5.41) is 1.15. The summed E-state index contributed by atoms with van der Waals surface area (Å²) in [6.07, 6.45) is 1.86. The summed E-state index contributed by atoms with van der Waals surface area (Å²) in [7, 11) is -1.58. The summed E-state index contributed by atoms with van der Waals surface area (Å²) >= 11 is 1.64. The molecule has 0 spiro atoms. The average Bonchev–Trinajstić information content (AvgIpc) is 3.14. The van der Waals surface area contributed by atoms with Crippen LogP contribution in [0.4, 0.5) is 0 Å². The number of thiophene rings is 1. The Morgan fingerprint density at radius 2 is 2.04 bits per heavy atom. The summed E-state index contributed by atoms with van der Waals surface area (Å²) in [4.78, 5) is 10.0. The van der Waals surface area contributed by atoms with Crippen LogP contribution < -0.4 is 0 Å². The predicted octanol–water partition coefficient (Wildman–Crippen LogP) is 1.48. The van der Waals surface area contributed by atoms with Crippen molar-refractivity contribution in [2.75, 3.05) is 46.4 Å². The lowest BCUT2D eigenvalue weighted by molar-refractivity contribution is -0.110. The number of hydrogen-bond acceptors (Lipinski definition) is 6. The van der Waals surface area contributed by atoms with Crippen LogP contribution in [-0.2, 0) is 14.9 Å². The fraction of sp³-hybridized carbons (Fsp3) is 0.625. The van der Waals surface area contributed by atoms with Gasteiger partial charge in [-0.05, 0) is 19.1 Å². The van der Waals surface area contributed by atoms with Gasteiger partial charge in [-0.15, -0.1) is 17.9 Å². The molecule has 0 aromatic carbocycles. The zero-order valence-corrected chi connectivity index (χ0v) is 15.9. The molecule has 1 aromatic heterocycles. The topological polar surface area (TPSA) is 53.1 Å². The lowest BCUT2D eigenvalue weighted by Crippen LogP contribution is -2.52. The summed E-state index contributed by atoms with van der Waals surface area (Å²) < 4.78 is 28.0. The lowest BCUT2D eigenvalue weighted by atomic mass is 10.2. The molecule has 6 nitrogen and oxygen atoms in total. The van der Waals surface area contributed by atoms with Crippen LogP contribution in [0, 0.1) is 6.92 Å². The molecule has 2 saturated heterocycles. The Morgan fingerprint density at radius 1 is 1.33 bits per heavy atom. The Balaban J connectivity index is 1.77. The first kappa shape index (κ1) is 18.0. The number of piperazine rings is 1. The van der Waals surface area contributed by atoms with Crippen molar-refractivity contribution in [1.29, 1.82) is 0 Å². The minimum atomic E-state index is -3.40. The smallest absolute Gasteiger partial charge is 0.221 e. The van der Waals surface area contributed by atoms with Gasteiger partial charge in [0.25, 0.3) is 0 Å². The molecule has 2 aliphatic heterocycles. The van der Waals surface area contributed by atoms with E-state index in [1.165, 1.54) is 4.88 Å². The van der Waals surface area contributed by atoms with E-state index in [1.807, 2.05) is 32.2 Å². The zero-order valence-electron chi connectivity index (χ0n) is 14.2. The van der Waals surface area contributed by atoms with Gasteiger partial charge in [0.05, 0.1) is 12.6 Å². The number of rotatable bonds is 5. The van der Waals surface area contributed by atoms with Crippen LogP contribution in [0.25, 0.3) is 0 Å². The summed E-state index contributed by atoms with van der Waals surface area (Å²) in [6, 6.07) is 3.81. The number of sulfonamides is 1. The monoisotopic (exact) mass is 371 g/mol. The van der Waals surface area contributed by atoms with Crippen molar-refractivity contribution in [3.8, 4) is 0 Å². The van der Waals surface area contributed by atoms with Crippen molar-refractivity contribution >= 4 is 21.4 Å². The highest BCUT2D eigenvalue weighted by atomic mass is 32.2. The van der Waals surface area contributed by atoms with Gasteiger partial charge in [-0.3, -0.25) is 9.74 Å². The number of hydroxylamine groups is 2. The molecule has 0 aliphatic carbocycles. The van der Waals surface area contributed by atoms with E-state index < -0.39 is 15.3 Å². The third-order valence-corrected chi connectivity index (χ3v) is 8.02. The van der Waals surface area contributed by atoms with Crippen molar-refractivity contribution < 1.29 is 13.3 Å². The fourth-order valence-electron chi connectivity index (χ4n) is 3.36.